The van der Waals surface area contributed by atoms with Crippen molar-refractivity contribution in [3.05, 3.63) is 35.8 Å². The lowest BCUT2D eigenvalue weighted by Gasteiger charge is -2.38. The molecule has 6 heteroatoms. The molecule has 0 bridgehead atoms. The maximum Gasteiger partial charge on any atom is 0.208 e. The fourth-order valence-corrected chi connectivity index (χ4v) is 2.10. The van der Waals surface area contributed by atoms with Gasteiger partial charge in [-0.15, -0.1) is 0 Å². The average molecular weight is 243 g/mol. The molecular weight excluding hydrogens is 230 g/mol. The van der Waals surface area contributed by atoms with Crippen LogP contribution < -0.4 is 0 Å². The van der Waals surface area contributed by atoms with E-state index in [1.54, 1.807) is 18.6 Å². The number of aryl methyl sites for hydroxylation is 1. The van der Waals surface area contributed by atoms with E-state index in [9.17, 15) is 0 Å². The number of hydrogen-bond acceptors (Lipinski definition) is 5. The minimum absolute atomic E-state index is 0.350. The van der Waals surface area contributed by atoms with Gasteiger partial charge in [-0.25, -0.2) is 4.98 Å². The van der Waals surface area contributed by atoms with Crippen molar-refractivity contribution >= 4 is 0 Å². The molecule has 0 atom stereocenters. The predicted octanol–water partition coefficient (Wildman–Crippen LogP) is 1.11. The van der Waals surface area contributed by atoms with Gasteiger partial charge in [0.15, 0.2) is 0 Å². The van der Waals surface area contributed by atoms with Gasteiger partial charge in [-0.2, -0.15) is 10.4 Å². The van der Waals surface area contributed by atoms with E-state index in [-0.39, 0.29) is 0 Å². The van der Waals surface area contributed by atoms with Crippen LogP contribution in [0.25, 0.3) is 0 Å². The quantitative estimate of drug-likeness (QED) is 0.807. The summed E-state index contributed by atoms with van der Waals surface area (Å²) in [7, 11) is 0. The second-order valence-electron chi connectivity index (χ2n) is 4.53. The Morgan fingerprint density at radius 2 is 2.33 bits per heavy atom. The Bertz CT molecular complexity index is 588. The Hall–Kier alpha value is -2.13. The Kier molecular flexibility index (Phi) is 2.61. The topological polar surface area (TPSA) is 70.9 Å². The Morgan fingerprint density at radius 1 is 1.50 bits per heavy atom. The molecule has 1 aliphatic heterocycles. The summed E-state index contributed by atoms with van der Waals surface area (Å²) in [5, 5.41) is 12.9. The van der Waals surface area contributed by atoms with Crippen molar-refractivity contribution in [3.8, 4) is 6.07 Å². The van der Waals surface area contributed by atoms with Crippen LogP contribution in [0.5, 0.6) is 0 Å². The van der Waals surface area contributed by atoms with E-state index in [2.05, 4.69) is 21.1 Å². The second kappa shape index (κ2) is 4.27. The third kappa shape index (κ3) is 2.00. The highest BCUT2D eigenvalue weighted by atomic mass is 16.4. The molecule has 0 spiro atoms. The number of nitrogens with zero attached hydrogens (tertiary/aromatic N) is 5. The summed E-state index contributed by atoms with van der Waals surface area (Å²) >= 11 is 0. The number of hydrogen-bond donors (Lipinski definition) is 0. The monoisotopic (exact) mass is 243 g/mol. The summed E-state index contributed by atoms with van der Waals surface area (Å²) in [6.45, 7) is 4.45. The highest BCUT2D eigenvalue weighted by molar-refractivity contribution is 5.22. The van der Waals surface area contributed by atoms with Crippen LogP contribution in [0.4, 0.5) is 0 Å². The normalized spacial score (nSPS) is 16.4. The third-order valence-corrected chi connectivity index (χ3v) is 3.07. The third-order valence-electron chi connectivity index (χ3n) is 3.07. The van der Waals surface area contributed by atoms with Crippen LogP contribution in [0.15, 0.2) is 23.0 Å². The van der Waals surface area contributed by atoms with Gasteiger partial charge in [-0.05, 0) is 6.92 Å². The lowest BCUT2D eigenvalue weighted by molar-refractivity contribution is 0.0812. The zero-order valence-corrected chi connectivity index (χ0v) is 10.1. The van der Waals surface area contributed by atoms with Gasteiger partial charge in [-0.1, -0.05) is 0 Å². The van der Waals surface area contributed by atoms with Crippen LogP contribution in [-0.4, -0.2) is 32.8 Å². The lowest BCUT2D eigenvalue weighted by Crippen LogP contribution is -2.47. The van der Waals surface area contributed by atoms with Gasteiger partial charge in [0.1, 0.15) is 11.8 Å². The number of aromatic nitrogens is 3. The molecule has 0 aromatic carbocycles. The molecule has 2 aromatic rings. The van der Waals surface area contributed by atoms with Crippen LogP contribution >= 0.6 is 0 Å². The van der Waals surface area contributed by atoms with Crippen molar-refractivity contribution < 1.29 is 4.42 Å². The summed E-state index contributed by atoms with van der Waals surface area (Å²) in [5.41, 5.74) is 0.608. The van der Waals surface area contributed by atoms with Crippen LogP contribution in [0.1, 0.15) is 23.3 Å². The SMILES string of the molecule is Cc1cnc(CN2CC(n3cc(C#N)cn3)C2)o1. The van der Waals surface area contributed by atoms with Gasteiger partial charge in [-0.3, -0.25) is 9.58 Å². The second-order valence-corrected chi connectivity index (χ2v) is 4.53. The van der Waals surface area contributed by atoms with E-state index in [1.165, 1.54) is 0 Å². The van der Waals surface area contributed by atoms with Crippen molar-refractivity contribution in [3.63, 3.8) is 0 Å². The van der Waals surface area contributed by atoms with E-state index in [1.807, 2.05) is 11.6 Å². The number of oxazole rings is 1. The van der Waals surface area contributed by atoms with Crippen molar-refractivity contribution in [2.45, 2.75) is 19.5 Å². The first-order valence-corrected chi connectivity index (χ1v) is 5.82. The molecule has 0 amide bonds. The minimum Gasteiger partial charge on any atom is -0.445 e. The Morgan fingerprint density at radius 3 is 2.94 bits per heavy atom. The lowest BCUT2D eigenvalue weighted by atomic mass is 10.1. The standard InChI is InChI=1S/C12H13N5O/c1-9-3-14-12(18-9)8-16-6-11(7-16)17-5-10(2-13)4-15-17/h3-5,11H,6-8H2,1H3. The molecule has 1 fully saturated rings. The predicted molar refractivity (Wildman–Crippen MR) is 62.5 cm³/mol. The maximum absolute atomic E-state index is 8.74. The summed E-state index contributed by atoms with van der Waals surface area (Å²) in [6, 6.07) is 2.43. The average Bonchev–Trinajstić information content (AvgIpc) is 2.91. The van der Waals surface area contributed by atoms with E-state index in [0.29, 0.717) is 11.6 Å². The number of nitriles is 1. The minimum atomic E-state index is 0.350. The fourth-order valence-electron chi connectivity index (χ4n) is 2.10. The van der Waals surface area contributed by atoms with Gasteiger partial charge in [0, 0.05) is 19.3 Å². The molecule has 2 aromatic heterocycles. The van der Waals surface area contributed by atoms with Crippen molar-refractivity contribution in [2.75, 3.05) is 13.1 Å². The summed E-state index contributed by atoms with van der Waals surface area (Å²) in [6.07, 6.45) is 5.12. The molecular formula is C12H13N5O. The van der Waals surface area contributed by atoms with E-state index in [0.717, 1.165) is 31.3 Å². The molecule has 92 valence electrons. The van der Waals surface area contributed by atoms with Gasteiger partial charge in [0.2, 0.25) is 5.89 Å². The highest BCUT2D eigenvalue weighted by Gasteiger charge is 2.29. The van der Waals surface area contributed by atoms with Crippen LogP contribution in [0.2, 0.25) is 0 Å². The highest BCUT2D eigenvalue weighted by Crippen LogP contribution is 2.22. The summed E-state index contributed by atoms with van der Waals surface area (Å²) < 4.78 is 7.29. The van der Waals surface area contributed by atoms with Gasteiger partial charge in [0.25, 0.3) is 0 Å². The molecule has 0 radical (unpaired) electrons. The van der Waals surface area contributed by atoms with E-state index >= 15 is 0 Å². The van der Waals surface area contributed by atoms with E-state index < -0.39 is 0 Å². The first-order valence-electron chi connectivity index (χ1n) is 5.82. The number of rotatable bonds is 3. The largest absolute Gasteiger partial charge is 0.445 e. The summed E-state index contributed by atoms with van der Waals surface area (Å²) in [5.74, 6) is 1.59. The zero-order chi connectivity index (χ0) is 12.5. The smallest absolute Gasteiger partial charge is 0.208 e. The Labute approximate surface area is 104 Å². The molecule has 6 nitrogen and oxygen atoms in total. The van der Waals surface area contributed by atoms with Crippen molar-refractivity contribution in [1.29, 1.82) is 5.26 Å². The molecule has 3 heterocycles. The van der Waals surface area contributed by atoms with Gasteiger partial charge < -0.3 is 4.42 Å². The van der Waals surface area contributed by atoms with Crippen LogP contribution in [-0.2, 0) is 6.54 Å². The van der Waals surface area contributed by atoms with Gasteiger partial charge in [0.05, 0.1) is 30.5 Å². The maximum atomic E-state index is 8.74. The van der Waals surface area contributed by atoms with Gasteiger partial charge >= 0.3 is 0 Å². The zero-order valence-electron chi connectivity index (χ0n) is 10.1. The van der Waals surface area contributed by atoms with E-state index in [4.69, 9.17) is 9.68 Å². The molecule has 18 heavy (non-hydrogen) atoms. The summed E-state index contributed by atoms with van der Waals surface area (Å²) in [4.78, 5) is 6.42. The molecule has 0 N–H and O–H groups in total. The number of likely N-dealkylation sites (tertiary alicyclic amines) is 1. The van der Waals surface area contributed by atoms with Crippen molar-refractivity contribution in [1.82, 2.24) is 19.7 Å². The Balaban J connectivity index is 1.55. The van der Waals surface area contributed by atoms with Crippen LogP contribution in [0.3, 0.4) is 0 Å². The molecule has 1 aliphatic rings. The van der Waals surface area contributed by atoms with Crippen molar-refractivity contribution in [2.24, 2.45) is 0 Å². The first kappa shape index (κ1) is 11.0. The molecule has 0 aliphatic carbocycles. The molecule has 1 saturated heterocycles. The fraction of sp³-hybridized carbons (Fsp3) is 0.417. The molecule has 3 rings (SSSR count). The first-order chi connectivity index (χ1) is 8.74. The molecule has 0 saturated carbocycles. The van der Waals surface area contributed by atoms with Crippen LogP contribution in [0, 0.1) is 18.3 Å². The molecule has 0 unspecified atom stereocenters.